The molecular weight excluding hydrogens is 242 g/mol. The molecule has 5 heteroatoms. The SMILES string of the molecule is CCNc1nc(C(C)(C)C)nc(OC2COC2)c1C. The zero-order valence-electron chi connectivity index (χ0n) is 12.4. The first-order valence-corrected chi connectivity index (χ1v) is 6.79. The first-order chi connectivity index (χ1) is 8.91. The summed E-state index contributed by atoms with van der Waals surface area (Å²) in [6, 6.07) is 0. The second kappa shape index (κ2) is 5.33. The smallest absolute Gasteiger partial charge is 0.222 e. The molecule has 0 radical (unpaired) electrons. The Morgan fingerprint density at radius 2 is 2.00 bits per heavy atom. The summed E-state index contributed by atoms with van der Waals surface area (Å²) in [5.41, 5.74) is 0.855. The van der Waals surface area contributed by atoms with Crippen LogP contribution in [-0.2, 0) is 10.2 Å². The molecule has 0 aliphatic carbocycles. The molecule has 1 fully saturated rings. The van der Waals surface area contributed by atoms with Crippen LogP contribution in [0.5, 0.6) is 5.88 Å². The number of aromatic nitrogens is 2. The highest BCUT2D eigenvalue weighted by Crippen LogP contribution is 2.28. The average Bonchev–Trinajstić information content (AvgIpc) is 2.26. The summed E-state index contributed by atoms with van der Waals surface area (Å²) < 4.78 is 11.0. The molecule has 0 spiro atoms. The third kappa shape index (κ3) is 3.15. The molecule has 106 valence electrons. The lowest BCUT2D eigenvalue weighted by Gasteiger charge is -2.28. The van der Waals surface area contributed by atoms with E-state index in [1.165, 1.54) is 0 Å². The van der Waals surface area contributed by atoms with Gasteiger partial charge in [-0.3, -0.25) is 0 Å². The lowest BCUT2D eigenvalue weighted by molar-refractivity contribution is -0.0817. The fourth-order valence-corrected chi connectivity index (χ4v) is 1.73. The molecule has 0 saturated carbocycles. The van der Waals surface area contributed by atoms with E-state index in [2.05, 4.69) is 43.0 Å². The number of nitrogens with zero attached hydrogens (tertiary/aromatic N) is 2. The van der Waals surface area contributed by atoms with Gasteiger partial charge in [0.05, 0.1) is 18.8 Å². The van der Waals surface area contributed by atoms with Gasteiger partial charge in [-0.1, -0.05) is 20.8 Å². The molecule has 5 nitrogen and oxygen atoms in total. The Morgan fingerprint density at radius 1 is 1.32 bits per heavy atom. The molecule has 0 bridgehead atoms. The lowest BCUT2D eigenvalue weighted by atomic mass is 9.95. The van der Waals surface area contributed by atoms with Crippen LogP contribution in [0.4, 0.5) is 5.82 Å². The first kappa shape index (κ1) is 14.1. The molecular formula is C14H23N3O2. The zero-order chi connectivity index (χ0) is 14.0. The second-order valence-electron chi connectivity index (χ2n) is 5.88. The number of rotatable bonds is 4. The lowest BCUT2D eigenvalue weighted by Crippen LogP contribution is -2.39. The fraction of sp³-hybridized carbons (Fsp3) is 0.714. The highest BCUT2D eigenvalue weighted by Gasteiger charge is 2.25. The van der Waals surface area contributed by atoms with E-state index in [1.54, 1.807) is 0 Å². The molecule has 0 atom stereocenters. The van der Waals surface area contributed by atoms with Gasteiger partial charge >= 0.3 is 0 Å². The van der Waals surface area contributed by atoms with Crippen molar-refractivity contribution in [1.82, 2.24) is 9.97 Å². The normalized spacial score (nSPS) is 16.1. The number of nitrogens with one attached hydrogen (secondary N) is 1. The van der Waals surface area contributed by atoms with Crippen LogP contribution in [0, 0.1) is 6.92 Å². The predicted molar refractivity (Wildman–Crippen MR) is 74.9 cm³/mol. The summed E-state index contributed by atoms with van der Waals surface area (Å²) in [7, 11) is 0. The maximum absolute atomic E-state index is 5.89. The van der Waals surface area contributed by atoms with Gasteiger partial charge in [0.25, 0.3) is 0 Å². The number of anilines is 1. The van der Waals surface area contributed by atoms with Gasteiger partial charge in [0.15, 0.2) is 0 Å². The fourth-order valence-electron chi connectivity index (χ4n) is 1.73. The van der Waals surface area contributed by atoms with Crippen molar-refractivity contribution in [2.24, 2.45) is 0 Å². The van der Waals surface area contributed by atoms with Gasteiger partial charge < -0.3 is 14.8 Å². The number of hydrogen-bond acceptors (Lipinski definition) is 5. The van der Waals surface area contributed by atoms with Crippen LogP contribution in [-0.4, -0.2) is 35.8 Å². The highest BCUT2D eigenvalue weighted by atomic mass is 16.6. The van der Waals surface area contributed by atoms with E-state index in [0.29, 0.717) is 19.1 Å². The van der Waals surface area contributed by atoms with Crippen molar-refractivity contribution < 1.29 is 9.47 Å². The summed E-state index contributed by atoms with van der Waals surface area (Å²) in [5, 5.41) is 3.28. The molecule has 0 unspecified atom stereocenters. The number of ether oxygens (including phenoxy) is 2. The van der Waals surface area contributed by atoms with Crippen molar-refractivity contribution in [3.63, 3.8) is 0 Å². The van der Waals surface area contributed by atoms with Gasteiger partial charge in [-0.25, -0.2) is 4.98 Å². The van der Waals surface area contributed by atoms with E-state index in [4.69, 9.17) is 9.47 Å². The van der Waals surface area contributed by atoms with Crippen molar-refractivity contribution in [2.45, 2.75) is 46.1 Å². The number of hydrogen-bond donors (Lipinski definition) is 1. The Labute approximate surface area is 114 Å². The molecule has 0 aromatic carbocycles. The second-order valence-corrected chi connectivity index (χ2v) is 5.88. The Balaban J connectivity index is 2.35. The Morgan fingerprint density at radius 3 is 2.47 bits per heavy atom. The quantitative estimate of drug-likeness (QED) is 0.905. The molecule has 1 aliphatic rings. The van der Waals surface area contributed by atoms with Crippen LogP contribution in [0.1, 0.15) is 39.1 Å². The Kier molecular flexibility index (Phi) is 3.94. The maximum Gasteiger partial charge on any atom is 0.222 e. The predicted octanol–water partition coefficient (Wildman–Crippen LogP) is 2.29. The topological polar surface area (TPSA) is 56.3 Å². The summed E-state index contributed by atoms with van der Waals surface area (Å²) in [4.78, 5) is 9.19. The van der Waals surface area contributed by atoms with Gasteiger partial charge in [-0.2, -0.15) is 4.98 Å². The summed E-state index contributed by atoms with van der Waals surface area (Å²) in [6.45, 7) is 12.5. The van der Waals surface area contributed by atoms with Crippen molar-refractivity contribution in [1.29, 1.82) is 0 Å². The van der Waals surface area contributed by atoms with Crippen molar-refractivity contribution in [3.8, 4) is 5.88 Å². The van der Waals surface area contributed by atoms with Gasteiger partial charge in [0.2, 0.25) is 5.88 Å². The summed E-state index contributed by atoms with van der Waals surface area (Å²) >= 11 is 0. The minimum atomic E-state index is -0.105. The van der Waals surface area contributed by atoms with E-state index in [9.17, 15) is 0 Å². The maximum atomic E-state index is 5.89. The van der Waals surface area contributed by atoms with Crippen LogP contribution in [0.25, 0.3) is 0 Å². The third-order valence-corrected chi connectivity index (χ3v) is 3.00. The summed E-state index contributed by atoms with van der Waals surface area (Å²) in [5.74, 6) is 2.33. The third-order valence-electron chi connectivity index (χ3n) is 3.00. The van der Waals surface area contributed by atoms with E-state index >= 15 is 0 Å². The molecule has 1 aromatic heterocycles. The molecule has 2 rings (SSSR count). The zero-order valence-corrected chi connectivity index (χ0v) is 12.4. The van der Waals surface area contributed by atoms with Crippen molar-refractivity contribution in [3.05, 3.63) is 11.4 Å². The monoisotopic (exact) mass is 265 g/mol. The highest BCUT2D eigenvalue weighted by molar-refractivity contribution is 5.49. The Hall–Kier alpha value is -1.36. The van der Waals surface area contributed by atoms with E-state index in [1.807, 2.05) is 6.92 Å². The van der Waals surface area contributed by atoms with Crippen LogP contribution in [0.3, 0.4) is 0 Å². The van der Waals surface area contributed by atoms with Crippen LogP contribution < -0.4 is 10.1 Å². The minimum Gasteiger partial charge on any atom is -0.469 e. The van der Waals surface area contributed by atoms with Crippen LogP contribution in [0.15, 0.2) is 0 Å². The van der Waals surface area contributed by atoms with E-state index in [0.717, 1.165) is 23.8 Å². The van der Waals surface area contributed by atoms with Crippen LogP contribution in [0.2, 0.25) is 0 Å². The molecule has 1 N–H and O–H groups in total. The summed E-state index contributed by atoms with van der Waals surface area (Å²) in [6.07, 6.45) is 0.121. The standard InChI is InChI=1S/C14H23N3O2/c1-6-15-11-9(2)12(19-10-7-18-8-10)17-13(16-11)14(3,4)5/h10H,6-8H2,1-5H3,(H,15,16,17). The van der Waals surface area contributed by atoms with Gasteiger partial charge in [0, 0.05) is 12.0 Å². The molecule has 2 heterocycles. The molecule has 1 aromatic rings. The molecule has 1 aliphatic heterocycles. The Bertz CT molecular complexity index is 451. The van der Waals surface area contributed by atoms with E-state index in [-0.39, 0.29) is 11.5 Å². The van der Waals surface area contributed by atoms with E-state index < -0.39 is 0 Å². The largest absolute Gasteiger partial charge is 0.469 e. The molecule has 19 heavy (non-hydrogen) atoms. The molecule has 0 amide bonds. The van der Waals surface area contributed by atoms with Gasteiger partial charge in [0.1, 0.15) is 17.7 Å². The van der Waals surface area contributed by atoms with Crippen molar-refractivity contribution in [2.75, 3.05) is 25.1 Å². The molecule has 1 saturated heterocycles. The first-order valence-electron chi connectivity index (χ1n) is 6.79. The van der Waals surface area contributed by atoms with Gasteiger partial charge in [-0.05, 0) is 13.8 Å². The van der Waals surface area contributed by atoms with Gasteiger partial charge in [-0.15, -0.1) is 0 Å². The van der Waals surface area contributed by atoms with Crippen LogP contribution >= 0.6 is 0 Å². The minimum absolute atomic E-state index is 0.105. The average molecular weight is 265 g/mol. The van der Waals surface area contributed by atoms with Crippen molar-refractivity contribution >= 4 is 5.82 Å².